The van der Waals surface area contributed by atoms with Crippen molar-refractivity contribution in [3.8, 4) is 0 Å². The molecule has 0 heterocycles. The number of aliphatic hydroxyl groups excluding tert-OH is 2. The Labute approximate surface area is 95.1 Å². The Kier molecular flexibility index (Phi) is 5.22. The molecule has 0 saturated carbocycles. The number of hydrogen-bond acceptors (Lipinski definition) is 3. The van der Waals surface area contributed by atoms with E-state index < -0.39 is 0 Å². The van der Waals surface area contributed by atoms with Gasteiger partial charge in [-0.15, -0.1) is 0 Å². The molecule has 90 valence electrons. The van der Waals surface area contributed by atoms with Crippen molar-refractivity contribution in [1.29, 1.82) is 0 Å². The normalized spacial score (nSPS) is 10.5. The van der Waals surface area contributed by atoms with Gasteiger partial charge in [-0.25, -0.2) is 4.39 Å². The van der Waals surface area contributed by atoms with Gasteiger partial charge in [0.15, 0.2) is 0 Å². The second kappa shape index (κ2) is 6.45. The van der Waals surface area contributed by atoms with Crippen LogP contribution in [0, 0.1) is 5.82 Å². The van der Waals surface area contributed by atoms with Gasteiger partial charge >= 0.3 is 0 Å². The lowest BCUT2D eigenvalue weighted by Gasteiger charge is -2.25. The number of anilines is 1. The Morgan fingerprint density at radius 1 is 1.31 bits per heavy atom. The van der Waals surface area contributed by atoms with E-state index in [9.17, 15) is 4.39 Å². The number of aliphatic hydroxyl groups is 2. The zero-order valence-electron chi connectivity index (χ0n) is 9.49. The average molecular weight is 227 g/mol. The van der Waals surface area contributed by atoms with Crippen LogP contribution in [-0.4, -0.2) is 29.9 Å². The molecule has 1 rings (SSSR count). The van der Waals surface area contributed by atoms with Gasteiger partial charge in [0.2, 0.25) is 0 Å². The van der Waals surface area contributed by atoms with Crippen LogP contribution in [0.25, 0.3) is 0 Å². The van der Waals surface area contributed by atoms with Crippen molar-refractivity contribution in [2.45, 2.75) is 20.0 Å². The third kappa shape index (κ3) is 2.93. The number of rotatable bonds is 6. The van der Waals surface area contributed by atoms with Gasteiger partial charge < -0.3 is 15.1 Å². The van der Waals surface area contributed by atoms with Crippen LogP contribution in [0.15, 0.2) is 18.2 Å². The van der Waals surface area contributed by atoms with Crippen molar-refractivity contribution in [3.05, 3.63) is 29.6 Å². The highest BCUT2D eigenvalue weighted by atomic mass is 19.1. The topological polar surface area (TPSA) is 43.7 Å². The van der Waals surface area contributed by atoms with Crippen molar-refractivity contribution in [2.24, 2.45) is 0 Å². The van der Waals surface area contributed by atoms with Crippen LogP contribution >= 0.6 is 0 Å². The molecule has 4 heteroatoms. The van der Waals surface area contributed by atoms with E-state index in [1.54, 1.807) is 12.1 Å². The lowest BCUT2D eigenvalue weighted by atomic mass is 10.1. The van der Waals surface area contributed by atoms with Crippen molar-refractivity contribution in [1.82, 2.24) is 0 Å². The molecule has 0 saturated heterocycles. The molecule has 0 fully saturated rings. The second-order valence-corrected chi connectivity index (χ2v) is 3.55. The van der Waals surface area contributed by atoms with E-state index >= 15 is 0 Å². The highest BCUT2D eigenvalue weighted by molar-refractivity contribution is 5.53. The van der Waals surface area contributed by atoms with E-state index in [0.717, 1.165) is 6.54 Å². The number of hydrogen-bond donors (Lipinski definition) is 2. The lowest BCUT2D eigenvalue weighted by Crippen LogP contribution is -2.26. The first-order valence-electron chi connectivity index (χ1n) is 5.48. The summed E-state index contributed by atoms with van der Waals surface area (Å²) >= 11 is 0. The highest BCUT2D eigenvalue weighted by Gasteiger charge is 2.12. The molecule has 3 nitrogen and oxygen atoms in total. The molecule has 0 unspecified atom stereocenters. The summed E-state index contributed by atoms with van der Waals surface area (Å²) in [6.45, 7) is 3.14. The maximum atomic E-state index is 13.4. The summed E-state index contributed by atoms with van der Waals surface area (Å²) in [4.78, 5) is 1.95. The first kappa shape index (κ1) is 12.9. The summed E-state index contributed by atoms with van der Waals surface area (Å²) in [6.07, 6.45) is 0.634. The average Bonchev–Trinajstić information content (AvgIpc) is 2.30. The third-order valence-electron chi connectivity index (χ3n) is 2.56. The molecule has 1 aromatic rings. The molecule has 16 heavy (non-hydrogen) atoms. The molecule has 0 radical (unpaired) electrons. The molecular weight excluding hydrogens is 209 g/mol. The minimum atomic E-state index is -0.387. The Hall–Kier alpha value is -1.13. The van der Waals surface area contributed by atoms with Gasteiger partial charge in [0, 0.05) is 30.9 Å². The molecule has 2 N–H and O–H groups in total. The van der Waals surface area contributed by atoms with E-state index in [0.29, 0.717) is 24.2 Å². The Morgan fingerprint density at radius 3 is 2.62 bits per heavy atom. The van der Waals surface area contributed by atoms with Crippen molar-refractivity contribution >= 4 is 5.69 Å². The zero-order chi connectivity index (χ0) is 12.0. The van der Waals surface area contributed by atoms with Gasteiger partial charge in [-0.1, -0.05) is 6.07 Å². The van der Waals surface area contributed by atoms with Gasteiger partial charge in [-0.2, -0.15) is 0 Å². The number of benzene rings is 1. The quantitative estimate of drug-likeness (QED) is 0.774. The number of nitrogens with zero attached hydrogens (tertiary/aromatic N) is 1. The largest absolute Gasteiger partial charge is 0.396 e. The van der Waals surface area contributed by atoms with Crippen LogP contribution in [0.5, 0.6) is 0 Å². The molecule has 0 aliphatic rings. The second-order valence-electron chi connectivity index (χ2n) is 3.55. The Morgan fingerprint density at radius 2 is 2.06 bits per heavy atom. The molecule has 0 amide bonds. The number of halogens is 1. The van der Waals surface area contributed by atoms with E-state index in [1.807, 2.05) is 11.8 Å². The maximum absolute atomic E-state index is 13.4. The zero-order valence-corrected chi connectivity index (χ0v) is 9.49. The molecule has 0 spiro atoms. The highest BCUT2D eigenvalue weighted by Crippen LogP contribution is 2.23. The summed E-state index contributed by atoms with van der Waals surface area (Å²) < 4.78 is 13.4. The molecular formula is C12H18FNO2. The smallest absolute Gasteiger partial charge is 0.130 e. The molecule has 1 aromatic carbocycles. The van der Waals surface area contributed by atoms with Crippen LogP contribution in [0.4, 0.5) is 10.1 Å². The fourth-order valence-electron chi connectivity index (χ4n) is 1.71. The summed E-state index contributed by atoms with van der Waals surface area (Å²) in [5, 5.41) is 17.9. The van der Waals surface area contributed by atoms with Crippen molar-refractivity contribution in [2.75, 3.05) is 24.6 Å². The van der Waals surface area contributed by atoms with Gasteiger partial charge in [0.1, 0.15) is 5.82 Å². The van der Waals surface area contributed by atoms with Crippen LogP contribution in [0.1, 0.15) is 18.9 Å². The van der Waals surface area contributed by atoms with Gasteiger partial charge in [0.25, 0.3) is 0 Å². The first-order valence-corrected chi connectivity index (χ1v) is 5.48. The van der Waals surface area contributed by atoms with Crippen molar-refractivity contribution < 1.29 is 14.6 Å². The molecule has 0 aliphatic carbocycles. The molecule has 0 bridgehead atoms. The Balaban J connectivity index is 2.94. The standard InChI is InChI=1S/C12H18FNO2/c1-2-14(7-4-8-15)12-6-3-5-11(13)10(12)9-16/h3,5-6,15-16H,2,4,7-9H2,1H3. The van der Waals surface area contributed by atoms with Gasteiger partial charge in [-0.3, -0.25) is 0 Å². The van der Waals surface area contributed by atoms with E-state index in [-0.39, 0.29) is 19.0 Å². The van der Waals surface area contributed by atoms with E-state index in [4.69, 9.17) is 10.2 Å². The molecule has 0 aromatic heterocycles. The Bertz CT molecular complexity index is 331. The minimum Gasteiger partial charge on any atom is -0.396 e. The van der Waals surface area contributed by atoms with E-state index in [2.05, 4.69) is 0 Å². The predicted octanol–water partition coefficient (Wildman–Crippen LogP) is 1.53. The lowest BCUT2D eigenvalue weighted by molar-refractivity contribution is 0.275. The summed E-state index contributed by atoms with van der Waals surface area (Å²) in [6, 6.07) is 4.76. The predicted molar refractivity (Wildman–Crippen MR) is 61.9 cm³/mol. The SMILES string of the molecule is CCN(CCCO)c1cccc(F)c1CO. The summed E-state index contributed by atoms with van der Waals surface area (Å²) in [5.41, 5.74) is 1.03. The van der Waals surface area contributed by atoms with Crippen molar-refractivity contribution in [3.63, 3.8) is 0 Å². The third-order valence-corrected chi connectivity index (χ3v) is 2.56. The summed E-state index contributed by atoms with van der Waals surface area (Å²) in [5.74, 6) is -0.387. The molecule has 0 atom stereocenters. The summed E-state index contributed by atoms with van der Waals surface area (Å²) in [7, 11) is 0. The van der Waals surface area contributed by atoms with Crippen LogP contribution < -0.4 is 4.90 Å². The fourth-order valence-corrected chi connectivity index (χ4v) is 1.71. The van der Waals surface area contributed by atoms with Crippen LogP contribution in [-0.2, 0) is 6.61 Å². The van der Waals surface area contributed by atoms with Crippen LogP contribution in [0.3, 0.4) is 0 Å². The maximum Gasteiger partial charge on any atom is 0.130 e. The van der Waals surface area contributed by atoms with E-state index in [1.165, 1.54) is 6.07 Å². The molecule has 0 aliphatic heterocycles. The fraction of sp³-hybridized carbons (Fsp3) is 0.500. The minimum absolute atomic E-state index is 0.111. The monoisotopic (exact) mass is 227 g/mol. The van der Waals surface area contributed by atoms with Gasteiger partial charge in [0.05, 0.1) is 6.61 Å². The van der Waals surface area contributed by atoms with Gasteiger partial charge in [-0.05, 0) is 25.5 Å². The first-order chi connectivity index (χ1) is 7.74. The van der Waals surface area contributed by atoms with Crippen LogP contribution in [0.2, 0.25) is 0 Å².